The van der Waals surface area contributed by atoms with Crippen LogP contribution in [0.15, 0.2) is 4.52 Å². The number of hydrogen-bond donors (Lipinski definition) is 1. The second-order valence-corrected chi connectivity index (χ2v) is 6.22. The molecule has 1 aromatic rings. The molecule has 0 unspecified atom stereocenters. The number of ether oxygens (including phenoxy) is 1. The van der Waals surface area contributed by atoms with E-state index in [0.29, 0.717) is 6.61 Å². The predicted molar refractivity (Wildman–Crippen MR) is 81.8 cm³/mol. The molecule has 2 rings (SSSR count). The van der Waals surface area contributed by atoms with Crippen molar-refractivity contribution >= 4 is 0 Å². The number of unbranched alkanes of at least 4 members (excludes halogenated alkanes) is 2. The second kappa shape index (κ2) is 7.90. The molecule has 1 fully saturated rings. The molecule has 0 amide bonds. The molecule has 0 saturated heterocycles. The Labute approximate surface area is 127 Å². The molecule has 0 bridgehead atoms. The summed E-state index contributed by atoms with van der Waals surface area (Å²) in [6.45, 7) is 5.78. The lowest BCUT2D eigenvalue weighted by molar-refractivity contribution is -0.0847. The van der Waals surface area contributed by atoms with E-state index in [-0.39, 0.29) is 5.60 Å². The second-order valence-electron chi connectivity index (χ2n) is 6.22. The van der Waals surface area contributed by atoms with Crippen molar-refractivity contribution < 1.29 is 9.26 Å². The fourth-order valence-electron chi connectivity index (χ4n) is 3.08. The Kier molecular flexibility index (Phi) is 6.18. The van der Waals surface area contributed by atoms with Crippen LogP contribution in [0.3, 0.4) is 0 Å². The highest BCUT2D eigenvalue weighted by Gasteiger charge is 2.40. The fourth-order valence-corrected chi connectivity index (χ4v) is 3.08. The van der Waals surface area contributed by atoms with Gasteiger partial charge < -0.3 is 15.0 Å². The summed E-state index contributed by atoms with van der Waals surface area (Å²) in [6, 6.07) is 0. The Morgan fingerprint density at radius 1 is 1.29 bits per heavy atom. The molecule has 1 aliphatic rings. The number of aryl methyl sites for hydroxylation is 1. The number of aromatic nitrogens is 2. The Morgan fingerprint density at radius 3 is 2.71 bits per heavy atom. The minimum absolute atomic E-state index is 0.319. The highest BCUT2D eigenvalue weighted by molar-refractivity contribution is 5.04. The molecule has 1 heterocycles. The third-order valence-electron chi connectivity index (χ3n) is 4.47. The standard InChI is InChI=1S/C16H29N3O2/c1-3-20-16(10-8-13(2)9-11-16)15-18-14(21-19-15)7-5-4-6-12-17/h13H,3-12,17H2,1-2H3. The monoisotopic (exact) mass is 295 g/mol. The lowest BCUT2D eigenvalue weighted by Gasteiger charge is -2.36. The lowest BCUT2D eigenvalue weighted by Crippen LogP contribution is -2.35. The highest BCUT2D eigenvalue weighted by Crippen LogP contribution is 2.41. The molecule has 2 N–H and O–H groups in total. The zero-order chi connectivity index (χ0) is 15.1. The van der Waals surface area contributed by atoms with Crippen molar-refractivity contribution in [3.63, 3.8) is 0 Å². The van der Waals surface area contributed by atoms with Crippen LogP contribution in [0.25, 0.3) is 0 Å². The van der Waals surface area contributed by atoms with Crippen molar-refractivity contribution in [1.82, 2.24) is 10.1 Å². The zero-order valence-electron chi connectivity index (χ0n) is 13.4. The average molecular weight is 295 g/mol. The largest absolute Gasteiger partial charge is 0.367 e. The Hall–Kier alpha value is -0.940. The first kappa shape index (κ1) is 16.4. The molecule has 5 heteroatoms. The summed E-state index contributed by atoms with van der Waals surface area (Å²) in [7, 11) is 0. The Bertz CT molecular complexity index is 411. The molecule has 5 nitrogen and oxygen atoms in total. The van der Waals surface area contributed by atoms with Crippen LogP contribution in [0.4, 0.5) is 0 Å². The van der Waals surface area contributed by atoms with Gasteiger partial charge in [-0.2, -0.15) is 4.98 Å². The fraction of sp³-hybridized carbons (Fsp3) is 0.875. The number of nitrogens with two attached hydrogens (primary N) is 1. The predicted octanol–water partition coefficient (Wildman–Crippen LogP) is 3.18. The molecular formula is C16H29N3O2. The van der Waals surface area contributed by atoms with Gasteiger partial charge in [0.25, 0.3) is 0 Å². The van der Waals surface area contributed by atoms with E-state index in [1.807, 2.05) is 6.92 Å². The van der Waals surface area contributed by atoms with E-state index in [2.05, 4.69) is 17.1 Å². The van der Waals surface area contributed by atoms with Crippen molar-refractivity contribution in [1.29, 1.82) is 0 Å². The molecule has 1 aromatic heterocycles. The first-order valence-electron chi connectivity index (χ1n) is 8.37. The summed E-state index contributed by atoms with van der Waals surface area (Å²) in [5.74, 6) is 2.26. The maximum Gasteiger partial charge on any atom is 0.226 e. The topological polar surface area (TPSA) is 74.2 Å². The minimum Gasteiger partial charge on any atom is -0.367 e. The number of rotatable bonds is 8. The summed E-state index contributed by atoms with van der Waals surface area (Å²) in [5, 5.41) is 4.22. The first-order valence-corrected chi connectivity index (χ1v) is 8.37. The van der Waals surface area contributed by atoms with Gasteiger partial charge in [-0.15, -0.1) is 0 Å². The van der Waals surface area contributed by atoms with Crippen molar-refractivity contribution in [2.75, 3.05) is 13.2 Å². The van der Waals surface area contributed by atoms with Crippen LogP contribution in [0.2, 0.25) is 0 Å². The molecule has 0 aromatic carbocycles. The van der Waals surface area contributed by atoms with Gasteiger partial charge in [-0.3, -0.25) is 0 Å². The normalized spacial score (nSPS) is 26.1. The van der Waals surface area contributed by atoms with E-state index in [4.69, 9.17) is 15.0 Å². The molecule has 1 saturated carbocycles. The lowest BCUT2D eigenvalue weighted by atomic mass is 9.79. The summed E-state index contributed by atoms with van der Waals surface area (Å²) in [4.78, 5) is 4.61. The van der Waals surface area contributed by atoms with E-state index in [0.717, 1.165) is 62.7 Å². The number of nitrogens with zero attached hydrogens (tertiary/aromatic N) is 2. The molecule has 0 radical (unpaired) electrons. The maximum atomic E-state index is 6.06. The third kappa shape index (κ3) is 4.27. The molecule has 120 valence electrons. The molecular weight excluding hydrogens is 266 g/mol. The van der Waals surface area contributed by atoms with E-state index in [1.54, 1.807) is 0 Å². The average Bonchev–Trinajstić information content (AvgIpc) is 2.96. The van der Waals surface area contributed by atoms with Crippen molar-refractivity contribution in [3.8, 4) is 0 Å². The van der Waals surface area contributed by atoms with E-state index in [9.17, 15) is 0 Å². The summed E-state index contributed by atoms with van der Waals surface area (Å²) >= 11 is 0. The summed E-state index contributed by atoms with van der Waals surface area (Å²) in [5.41, 5.74) is 5.18. The van der Waals surface area contributed by atoms with Crippen LogP contribution in [-0.4, -0.2) is 23.3 Å². The Balaban J connectivity index is 1.99. The van der Waals surface area contributed by atoms with Gasteiger partial charge in [-0.05, 0) is 57.9 Å². The van der Waals surface area contributed by atoms with Gasteiger partial charge in [-0.25, -0.2) is 0 Å². The van der Waals surface area contributed by atoms with Crippen molar-refractivity contribution in [2.24, 2.45) is 11.7 Å². The zero-order valence-corrected chi connectivity index (χ0v) is 13.4. The van der Waals surface area contributed by atoms with Gasteiger partial charge in [-0.1, -0.05) is 18.5 Å². The van der Waals surface area contributed by atoms with Crippen LogP contribution in [-0.2, 0) is 16.8 Å². The van der Waals surface area contributed by atoms with Crippen LogP contribution in [0.5, 0.6) is 0 Å². The van der Waals surface area contributed by atoms with Crippen LogP contribution >= 0.6 is 0 Å². The van der Waals surface area contributed by atoms with Crippen LogP contribution in [0, 0.1) is 5.92 Å². The highest BCUT2D eigenvalue weighted by atomic mass is 16.5. The molecule has 21 heavy (non-hydrogen) atoms. The maximum absolute atomic E-state index is 6.06. The summed E-state index contributed by atoms with van der Waals surface area (Å²) < 4.78 is 11.5. The van der Waals surface area contributed by atoms with Gasteiger partial charge in [0, 0.05) is 13.0 Å². The van der Waals surface area contributed by atoms with Gasteiger partial charge in [0.2, 0.25) is 11.7 Å². The van der Waals surface area contributed by atoms with Crippen molar-refractivity contribution in [3.05, 3.63) is 11.7 Å². The molecule has 0 spiro atoms. The smallest absolute Gasteiger partial charge is 0.226 e. The van der Waals surface area contributed by atoms with E-state index in [1.165, 1.54) is 12.8 Å². The van der Waals surface area contributed by atoms with Crippen LogP contribution in [0.1, 0.15) is 70.5 Å². The van der Waals surface area contributed by atoms with Gasteiger partial charge in [0.1, 0.15) is 5.60 Å². The van der Waals surface area contributed by atoms with Crippen molar-refractivity contribution in [2.45, 2.75) is 70.8 Å². The quantitative estimate of drug-likeness (QED) is 0.746. The van der Waals surface area contributed by atoms with Gasteiger partial charge >= 0.3 is 0 Å². The third-order valence-corrected chi connectivity index (χ3v) is 4.47. The molecule has 0 aliphatic heterocycles. The Morgan fingerprint density at radius 2 is 2.05 bits per heavy atom. The van der Waals surface area contributed by atoms with Gasteiger partial charge in [0.15, 0.2) is 0 Å². The van der Waals surface area contributed by atoms with E-state index >= 15 is 0 Å². The van der Waals surface area contributed by atoms with Crippen LogP contribution < -0.4 is 5.73 Å². The van der Waals surface area contributed by atoms with Gasteiger partial charge in [0.05, 0.1) is 0 Å². The summed E-state index contributed by atoms with van der Waals surface area (Å²) in [6.07, 6.45) is 8.39. The number of hydrogen-bond acceptors (Lipinski definition) is 5. The SMILES string of the molecule is CCOC1(c2noc(CCCCCN)n2)CCC(C)CC1. The first-order chi connectivity index (χ1) is 10.2. The van der Waals surface area contributed by atoms with E-state index < -0.39 is 0 Å². The molecule has 1 aliphatic carbocycles. The minimum atomic E-state index is -0.319. The molecule has 0 atom stereocenters.